The molecular weight excluding hydrogens is 502 g/mol. The minimum atomic E-state index is -0.705. The Kier molecular flexibility index (Phi) is 14.8. The summed E-state index contributed by atoms with van der Waals surface area (Å²) in [6.07, 6.45) is 18.7. The van der Waals surface area contributed by atoms with Crippen LogP contribution in [0.4, 0.5) is 23.0 Å². The standard InChI is InChI=1S/C27H41N7O5/c1-2-3-4-5-6-7-8-9-10-11-12-13-14-15-19-28-25-24(34(38)39)26(30-21-29-25)31-32-27(35)22-17-16-18-23(20-22)33(36)37/h16-18,20-21H,2-15,19H2,1H3,(H,32,35)(H2,28,29,30,31). The molecule has 0 spiro atoms. The third-order valence-electron chi connectivity index (χ3n) is 6.44. The number of carbonyl (C=O) groups is 1. The van der Waals surface area contributed by atoms with E-state index >= 15 is 0 Å². The molecule has 0 unspecified atom stereocenters. The molecule has 2 rings (SSSR count). The fraction of sp³-hybridized carbons (Fsp3) is 0.593. The number of carbonyl (C=O) groups excluding carboxylic acids is 1. The number of amides is 1. The van der Waals surface area contributed by atoms with Gasteiger partial charge in [-0.3, -0.25) is 35.9 Å². The molecular formula is C27H41N7O5. The van der Waals surface area contributed by atoms with E-state index in [0.717, 1.165) is 31.7 Å². The maximum Gasteiger partial charge on any atom is 0.354 e. The number of hydrogen-bond donors (Lipinski definition) is 3. The van der Waals surface area contributed by atoms with Crippen molar-refractivity contribution >= 4 is 28.9 Å². The summed E-state index contributed by atoms with van der Waals surface area (Å²) < 4.78 is 0. The van der Waals surface area contributed by atoms with Gasteiger partial charge in [0, 0.05) is 24.2 Å². The highest BCUT2D eigenvalue weighted by molar-refractivity contribution is 5.95. The number of aromatic nitrogens is 2. The number of nitro groups is 2. The molecule has 1 amide bonds. The molecule has 0 bridgehead atoms. The average molecular weight is 544 g/mol. The lowest BCUT2D eigenvalue weighted by Crippen LogP contribution is -2.30. The number of hydrogen-bond acceptors (Lipinski definition) is 9. The van der Waals surface area contributed by atoms with Crippen molar-refractivity contribution in [3.8, 4) is 0 Å². The zero-order valence-electron chi connectivity index (χ0n) is 22.8. The maximum absolute atomic E-state index is 12.4. The normalized spacial score (nSPS) is 10.7. The molecule has 39 heavy (non-hydrogen) atoms. The van der Waals surface area contributed by atoms with Gasteiger partial charge in [0.2, 0.25) is 11.6 Å². The lowest BCUT2D eigenvalue weighted by atomic mass is 10.0. The van der Waals surface area contributed by atoms with Crippen molar-refractivity contribution in [1.29, 1.82) is 0 Å². The van der Waals surface area contributed by atoms with E-state index in [2.05, 4.69) is 33.1 Å². The summed E-state index contributed by atoms with van der Waals surface area (Å²) in [5.41, 5.74) is 4.10. The molecule has 1 aromatic heterocycles. The van der Waals surface area contributed by atoms with Crippen LogP contribution in [-0.2, 0) is 0 Å². The summed E-state index contributed by atoms with van der Waals surface area (Å²) >= 11 is 0. The van der Waals surface area contributed by atoms with Crippen LogP contribution in [0, 0.1) is 20.2 Å². The van der Waals surface area contributed by atoms with Crippen LogP contribution in [0.1, 0.15) is 107 Å². The Hall–Kier alpha value is -3.83. The van der Waals surface area contributed by atoms with E-state index in [1.165, 1.54) is 88.8 Å². The molecule has 0 aliphatic heterocycles. The average Bonchev–Trinajstić information content (AvgIpc) is 2.93. The van der Waals surface area contributed by atoms with Crippen LogP contribution in [0.15, 0.2) is 30.6 Å². The van der Waals surface area contributed by atoms with Crippen molar-refractivity contribution in [3.63, 3.8) is 0 Å². The van der Waals surface area contributed by atoms with Crippen molar-refractivity contribution in [3.05, 3.63) is 56.4 Å². The Balaban J connectivity index is 1.68. The number of nitrogens with one attached hydrogen (secondary N) is 3. The van der Waals surface area contributed by atoms with Crippen molar-refractivity contribution in [1.82, 2.24) is 15.4 Å². The summed E-state index contributed by atoms with van der Waals surface area (Å²) in [4.78, 5) is 41.6. The SMILES string of the molecule is CCCCCCCCCCCCCCCCNc1ncnc(NNC(=O)c2cccc([N+](=O)[O-])c2)c1[N+](=O)[O-]. The lowest BCUT2D eigenvalue weighted by molar-refractivity contribution is -0.384. The number of hydrazine groups is 1. The molecule has 3 N–H and O–H groups in total. The molecule has 1 aromatic carbocycles. The van der Waals surface area contributed by atoms with Gasteiger partial charge >= 0.3 is 5.69 Å². The minimum absolute atomic E-state index is 0.0181. The van der Waals surface area contributed by atoms with E-state index in [1.54, 1.807) is 0 Å². The lowest BCUT2D eigenvalue weighted by Gasteiger charge is -2.11. The van der Waals surface area contributed by atoms with Crippen LogP contribution in [0.5, 0.6) is 0 Å². The first-order valence-corrected chi connectivity index (χ1v) is 14.0. The summed E-state index contributed by atoms with van der Waals surface area (Å²) in [6.45, 7) is 2.77. The van der Waals surface area contributed by atoms with E-state index in [-0.39, 0.29) is 22.9 Å². The van der Waals surface area contributed by atoms with Gasteiger partial charge in [-0.15, -0.1) is 0 Å². The van der Waals surface area contributed by atoms with Gasteiger partial charge in [0.05, 0.1) is 9.85 Å². The van der Waals surface area contributed by atoms with Gasteiger partial charge < -0.3 is 5.32 Å². The first-order chi connectivity index (χ1) is 18.9. The molecule has 0 aliphatic carbocycles. The maximum atomic E-state index is 12.4. The number of unbranched alkanes of at least 4 members (excludes halogenated alkanes) is 13. The highest BCUT2D eigenvalue weighted by atomic mass is 16.6. The Morgan fingerprint density at radius 1 is 0.795 bits per heavy atom. The number of nitro benzene ring substituents is 1. The van der Waals surface area contributed by atoms with Gasteiger partial charge in [0.25, 0.3) is 11.6 Å². The molecule has 0 saturated carbocycles. The Morgan fingerprint density at radius 3 is 1.92 bits per heavy atom. The smallest absolute Gasteiger partial charge is 0.354 e. The van der Waals surface area contributed by atoms with Crippen molar-refractivity contribution < 1.29 is 14.6 Å². The van der Waals surface area contributed by atoms with Crippen LogP contribution in [-0.4, -0.2) is 32.3 Å². The van der Waals surface area contributed by atoms with Crippen LogP contribution in [0.25, 0.3) is 0 Å². The Labute approximate surface area is 229 Å². The molecule has 12 heteroatoms. The van der Waals surface area contributed by atoms with Crippen LogP contribution >= 0.6 is 0 Å². The van der Waals surface area contributed by atoms with Crippen molar-refractivity contribution in [2.75, 3.05) is 17.3 Å². The van der Waals surface area contributed by atoms with E-state index in [4.69, 9.17) is 0 Å². The molecule has 0 fully saturated rings. The molecule has 1 heterocycles. The largest absolute Gasteiger partial charge is 0.364 e. The molecule has 12 nitrogen and oxygen atoms in total. The number of nitrogens with zero attached hydrogens (tertiary/aromatic N) is 4. The number of anilines is 2. The van der Waals surface area contributed by atoms with E-state index in [0.29, 0.717) is 6.54 Å². The number of rotatable bonds is 21. The fourth-order valence-corrected chi connectivity index (χ4v) is 4.25. The second kappa shape index (κ2) is 18.4. The minimum Gasteiger partial charge on any atom is -0.364 e. The second-order valence-electron chi connectivity index (χ2n) is 9.59. The Morgan fingerprint density at radius 2 is 1.36 bits per heavy atom. The zero-order chi connectivity index (χ0) is 28.3. The summed E-state index contributed by atoms with van der Waals surface area (Å²) in [7, 11) is 0. The first kappa shape index (κ1) is 31.4. The zero-order valence-corrected chi connectivity index (χ0v) is 22.8. The third kappa shape index (κ3) is 12.1. The molecule has 0 aliphatic rings. The number of benzene rings is 1. The van der Waals surface area contributed by atoms with Gasteiger partial charge in [-0.25, -0.2) is 9.97 Å². The predicted octanol–water partition coefficient (Wildman–Crippen LogP) is 6.94. The van der Waals surface area contributed by atoms with Crippen LogP contribution in [0.3, 0.4) is 0 Å². The third-order valence-corrected chi connectivity index (χ3v) is 6.44. The van der Waals surface area contributed by atoms with Gasteiger partial charge in [-0.1, -0.05) is 96.5 Å². The quantitative estimate of drug-likeness (QED) is 0.0858. The van der Waals surface area contributed by atoms with Gasteiger partial charge in [-0.2, -0.15) is 0 Å². The topological polar surface area (TPSA) is 165 Å². The summed E-state index contributed by atoms with van der Waals surface area (Å²) in [6, 6.07) is 5.13. The van der Waals surface area contributed by atoms with Gasteiger partial charge in [-0.05, 0) is 12.5 Å². The van der Waals surface area contributed by atoms with Crippen molar-refractivity contribution in [2.45, 2.75) is 96.8 Å². The predicted molar refractivity (Wildman–Crippen MR) is 152 cm³/mol. The summed E-state index contributed by atoms with van der Waals surface area (Å²) in [5.74, 6) is -0.849. The highest BCUT2D eigenvalue weighted by Crippen LogP contribution is 2.28. The fourth-order valence-electron chi connectivity index (χ4n) is 4.25. The van der Waals surface area contributed by atoms with E-state index in [9.17, 15) is 25.0 Å². The monoisotopic (exact) mass is 543 g/mol. The molecule has 0 saturated heterocycles. The second-order valence-corrected chi connectivity index (χ2v) is 9.59. The highest BCUT2D eigenvalue weighted by Gasteiger charge is 2.23. The first-order valence-electron chi connectivity index (χ1n) is 14.0. The van der Waals surface area contributed by atoms with Gasteiger partial charge in [0.1, 0.15) is 6.33 Å². The van der Waals surface area contributed by atoms with Crippen molar-refractivity contribution in [2.24, 2.45) is 0 Å². The molecule has 2 aromatic rings. The number of non-ortho nitro benzene ring substituents is 1. The molecule has 0 atom stereocenters. The summed E-state index contributed by atoms with van der Waals surface area (Å²) in [5, 5.41) is 25.6. The van der Waals surface area contributed by atoms with E-state index < -0.39 is 21.4 Å². The van der Waals surface area contributed by atoms with Crippen LogP contribution < -0.4 is 16.2 Å². The van der Waals surface area contributed by atoms with Crippen LogP contribution in [0.2, 0.25) is 0 Å². The van der Waals surface area contributed by atoms with E-state index in [1.807, 2.05) is 0 Å². The molecule has 0 radical (unpaired) electrons. The Bertz CT molecular complexity index is 1050. The van der Waals surface area contributed by atoms with Gasteiger partial charge in [0.15, 0.2) is 0 Å². The molecule has 214 valence electrons.